The summed E-state index contributed by atoms with van der Waals surface area (Å²) in [6.45, 7) is -0.0700. The number of phenolic OH excluding ortho intramolecular Hbond substituents is 1. The van der Waals surface area contributed by atoms with Crippen LogP contribution in [0, 0.1) is 5.82 Å². The Bertz CT molecular complexity index is 1550. The van der Waals surface area contributed by atoms with Crippen LogP contribution in [0.2, 0.25) is 0 Å². The number of rotatable bonds is 5. The highest BCUT2D eigenvalue weighted by atomic mass is 19.1. The summed E-state index contributed by atoms with van der Waals surface area (Å²) in [5.74, 6) is -1.81. The molecule has 0 saturated carbocycles. The van der Waals surface area contributed by atoms with Crippen molar-refractivity contribution in [2.75, 3.05) is 4.90 Å². The van der Waals surface area contributed by atoms with E-state index in [0.717, 1.165) is 10.3 Å². The number of nitrogens with one attached hydrogen (secondary N) is 1. The van der Waals surface area contributed by atoms with Gasteiger partial charge in [-0.25, -0.2) is 14.1 Å². The summed E-state index contributed by atoms with van der Waals surface area (Å²) in [4.78, 5) is 39.4. The van der Waals surface area contributed by atoms with E-state index in [-0.39, 0.29) is 23.6 Å². The third-order valence-electron chi connectivity index (χ3n) is 5.77. The molecule has 36 heavy (non-hydrogen) atoms. The lowest BCUT2D eigenvalue weighted by Crippen LogP contribution is -2.54. The van der Waals surface area contributed by atoms with E-state index in [0.29, 0.717) is 22.3 Å². The van der Waals surface area contributed by atoms with Crippen molar-refractivity contribution in [3.63, 3.8) is 0 Å². The molecule has 0 atom stereocenters. The third kappa shape index (κ3) is 4.27. The zero-order chi connectivity index (χ0) is 25.2. The fraction of sp³-hybridized carbons (Fsp3) is 0.0357. The molecule has 8 heteroatoms. The molecule has 178 valence electrons. The van der Waals surface area contributed by atoms with Gasteiger partial charge < -0.3 is 9.84 Å². The zero-order valence-electron chi connectivity index (χ0n) is 18.8. The first-order valence-corrected chi connectivity index (χ1v) is 11.0. The van der Waals surface area contributed by atoms with Gasteiger partial charge in [-0.3, -0.25) is 14.9 Å². The summed E-state index contributed by atoms with van der Waals surface area (Å²) < 4.78 is 20.1. The van der Waals surface area contributed by atoms with Crippen molar-refractivity contribution in [1.29, 1.82) is 0 Å². The number of aromatic hydroxyl groups is 1. The molecule has 4 aromatic rings. The molecule has 1 heterocycles. The molecule has 0 spiro atoms. The summed E-state index contributed by atoms with van der Waals surface area (Å²) >= 11 is 0. The van der Waals surface area contributed by atoms with E-state index in [4.69, 9.17) is 4.74 Å². The Hall–Kier alpha value is -4.98. The van der Waals surface area contributed by atoms with Gasteiger partial charge in [-0.1, -0.05) is 48.5 Å². The van der Waals surface area contributed by atoms with Crippen LogP contribution < -0.4 is 15.0 Å². The number of carbonyl (C=O) groups excluding carboxylic acids is 3. The van der Waals surface area contributed by atoms with E-state index >= 15 is 0 Å². The van der Waals surface area contributed by atoms with Crippen LogP contribution >= 0.6 is 0 Å². The second-order valence-corrected chi connectivity index (χ2v) is 8.05. The fourth-order valence-corrected chi connectivity index (χ4v) is 3.96. The summed E-state index contributed by atoms with van der Waals surface area (Å²) in [6, 6.07) is 21.6. The zero-order valence-corrected chi connectivity index (χ0v) is 18.8. The van der Waals surface area contributed by atoms with E-state index < -0.39 is 23.7 Å². The number of hydrogen-bond donors (Lipinski definition) is 2. The van der Waals surface area contributed by atoms with Crippen LogP contribution in [0.25, 0.3) is 16.8 Å². The van der Waals surface area contributed by atoms with Gasteiger partial charge >= 0.3 is 6.03 Å². The summed E-state index contributed by atoms with van der Waals surface area (Å²) in [7, 11) is 0. The molecule has 1 aliphatic heterocycles. The number of urea groups is 1. The molecule has 0 radical (unpaired) electrons. The molecule has 1 fully saturated rings. The van der Waals surface area contributed by atoms with Crippen molar-refractivity contribution in [2.24, 2.45) is 0 Å². The molecule has 1 aliphatic rings. The average molecular weight is 482 g/mol. The van der Waals surface area contributed by atoms with Gasteiger partial charge in [0.25, 0.3) is 11.8 Å². The Morgan fingerprint density at radius 2 is 1.61 bits per heavy atom. The molecule has 1 saturated heterocycles. The normalized spacial score (nSPS) is 14.9. The Balaban J connectivity index is 1.59. The summed E-state index contributed by atoms with van der Waals surface area (Å²) in [6.07, 6.45) is 1.37. The largest absolute Gasteiger partial charge is 0.508 e. The number of benzene rings is 4. The molecule has 2 N–H and O–H groups in total. The van der Waals surface area contributed by atoms with Gasteiger partial charge in [0.05, 0.1) is 5.69 Å². The first kappa shape index (κ1) is 22.8. The number of imide groups is 2. The Morgan fingerprint density at radius 3 is 2.39 bits per heavy atom. The number of hydrogen-bond acceptors (Lipinski definition) is 5. The Morgan fingerprint density at radius 1 is 0.889 bits per heavy atom. The quantitative estimate of drug-likeness (QED) is 0.311. The number of phenols is 1. The van der Waals surface area contributed by atoms with Gasteiger partial charge in [0, 0.05) is 11.1 Å². The van der Waals surface area contributed by atoms with Crippen LogP contribution in [0.5, 0.6) is 11.5 Å². The van der Waals surface area contributed by atoms with Crippen molar-refractivity contribution >= 4 is 40.4 Å². The van der Waals surface area contributed by atoms with Gasteiger partial charge in [-0.2, -0.15) is 0 Å². The lowest BCUT2D eigenvalue weighted by Gasteiger charge is -2.26. The van der Waals surface area contributed by atoms with Gasteiger partial charge in [0.2, 0.25) is 0 Å². The van der Waals surface area contributed by atoms with Crippen molar-refractivity contribution in [3.05, 3.63) is 107 Å². The van der Waals surface area contributed by atoms with Crippen LogP contribution in [-0.4, -0.2) is 23.0 Å². The smallest absolute Gasteiger partial charge is 0.335 e. The van der Waals surface area contributed by atoms with Crippen LogP contribution in [0.3, 0.4) is 0 Å². The molecule has 7 nitrogen and oxygen atoms in total. The SMILES string of the molecule is O=C1NC(=O)N(c2ccc(O)cc2)C(=O)/C1=C\c1c(OCc2ccccc2F)ccc2ccccc12. The number of anilines is 1. The van der Waals surface area contributed by atoms with Crippen molar-refractivity contribution in [1.82, 2.24) is 5.32 Å². The van der Waals surface area contributed by atoms with Crippen LogP contribution in [0.15, 0.2) is 90.5 Å². The molecule has 0 aromatic heterocycles. The van der Waals surface area contributed by atoms with Crippen molar-refractivity contribution in [3.8, 4) is 11.5 Å². The molecule has 5 rings (SSSR count). The molecule has 0 aliphatic carbocycles. The van der Waals surface area contributed by atoms with Crippen LogP contribution in [-0.2, 0) is 16.2 Å². The maximum atomic E-state index is 14.1. The number of amides is 4. The van der Waals surface area contributed by atoms with Crippen LogP contribution in [0.1, 0.15) is 11.1 Å². The first-order valence-electron chi connectivity index (χ1n) is 11.0. The van der Waals surface area contributed by atoms with Crippen molar-refractivity contribution < 1.29 is 28.6 Å². The summed E-state index contributed by atoms with van der Waals surface area (Å²) in [5.41, 5.74) is 0.681. The van der Waals surface area contributed by atoms with E-state index in [1.54, 1.807) is 30.3 Å². The minimum absolute atomic E-state index is 0.0390. The second-order valence-electron chi connectivity index (χ2n) is 8.05. The molecule has 0 bridgehead atoms. The maximum Gasteiger partial charge on any atom is 0.335 e. The van der Waals surface area contributed by atoms with Gasteiger partial charge in [-0.15, -0.1) is 0 Å². The highest BCUT2D eigenvalue weighted by Crippen LogP contribution is 2.32. The minimum atomic E-state index is -0.901. The predicted molar refractivity (Wildman–Crippen MR) is 132 cm³/mol. The molecule has 4 amide bonds. The number of ether oxygens (including phenoxy) is 1. The van der Waals surface area contributed by atoms with Gasteiger partial charge in [0.15, 0.2) is 0 Å². The molecule has 4 aromatic carbocycles. The van der Waals surface area contributed by atoms with Crippen molar-refractivity contribution in [2.45, 2.75) is 6.61 Å². The Labute approximate surface area is 205 Å². The number of carbonyl (C=O) groups is 3. The second kappa shape index (κ2) is 9.34. The minimum Gasteiger partial charge on any atom is -0.508 e. The lowest BCUT2D eigenvalue weighted by atomic mass is 9.99. The van der Waals surface area contributed by atoms with E-state index in [1.165, 1.54) is 36.4 Å². The molecular weight excluding hydrogens is 463 g/mol. The third-order valence-corrected chi connectivity index (χ3v) is 5.77. The molecular formula is C28H19FN2O5. The monoisotopic (exact) mass is 482 g/mol. The fourth-order valence-electron chi connectivity index (χ4n) is 3.96. The first-order chi connectivity index (χ1) is 17.4. The topological polar surface area (TPSA) is 95.9 Å². The van der Waals surface area contributed by atoms with Gasteiger partial charge in [-0.05, 0) is 53.2 Å². The summed E-state index contributed by atoms with van der Waals surface area (Å²) in [5, 5.41) is 13.3. The number of nitrogens with zero attached hydrogens (tertiary/aromatic N) is 1. The van der Waals surface area contributed by atoms with Gasteiger partial charge in [0.1, 0.15) is 29.5 Å². The predicted octanol–water partition coefficient (Wildman–Crippen LogP) is 4.93. The van der Waals surface area contributed by atoms with Crippen LogP contribution in [0.4, 0.5) is 14.9 Å². The lowest BCUT2D eigenvalue weighted by molar-refractivity contribution is -0.122. The number of fused-ring (bicyclic) bond motifs is 1. The maximum absolute atomic E-state index is 14.1. The standard InChI is InChI=1S/C28H19FN2O5/c29-24-8-4-2-6-18(24)16-36-25-14-9-17-5-1-3-7-21(17)22(25)15-23-26(33)30-28(35)31(27(23)34)19-10-12-20(32)13-11-19/h1-15,32H,16H2,(H,30,33,35)/b23-15-. The Kier molecular flexibility index (Phi) is 5.92. The highest BCUT2D eigenvalue weighted by Gasteiger charge is 2.37. The number of barbiturate groups is 1. The average Bonchev–Trinajstić information content (AvgIpc) is 2.87. The highest BCUT2D eigenvalue weighted by molar-refractivity contribution is 6.39. The molecule has 0 unspecified atom stereocenters. The van der Waals surface area contributed by atoms with E-state index in [1.807, 2.05) is 24.3 Å². The van der Waals surface area contributed by atoms with E-state index in [9.17, 15) is 23.9 Å². The van der Waals surface area contributed by atoms with E-state index in [2.05, 4.69) is 5.32 Å². The number of halogens is 1.